The Kier molecular flexibility index (Phi) is 3.96. The maximum atomic E-state index is 9.40. The van der Waals surface area contributed by atoms with Crippen molar-refractivity contribution >= 4 is 5.69 Å². The van der Waals surface area contributed by atoms with Crippen LogP contribution in [0.2, 0.25) is 0 Å². The van der Waals surface area contributed by atoms with Gasteiger partial charge in [0.2, 0.25) is 0 Å². The van der Waals surface area contributed by atoms with Crippen LogP contribution in [0.3, 0.4) is 0 Å². The molecule has 0 amide bonds. The highest BCUT2D eigenvalue weighted by Gasteiger charge is 2.29. The summed E-state index contributed by atoms with van der Waals surface area (Å²) in [5.74, 6) is 0. The van der Waals surface area contributed by atoms with E-state index in [2.05, 4.69) is 14.8 Å². The average Bonchev–Trinajstić information content (AvgIpc) is 2.98. The van der Waals surface area contributed by atoms with E-state index in [9.17, 15) is 5.11 Å². The van der Waals surface area contributed by atoms with Crippen LogP contribution in [0, 0.1) is 0 Å². The SMILES string of the molecule is OCc1cnccc1N1CCC(N2CCOCC2)C1. The maximum absolute atomic E-state index is 9.40. The molecule has 0 aliphatic carbocycles. The molecule has 0 radical (unpaired) electrons. The molecule has 2 fully saturated rings. The van der Waals surface area contributed by atoms with Crippen LogP contribution < -0.4 is 4.90 Å². The molecule has 2 aliphatic rings. The Balaban J connectivity index is 1.67. The van der Waals surface area contributed by atoms with Crippen LogP contribution in [0.1, 0.15) is 12.0 Å². The third kappa shape index (κ3) is 2.73. The van der Waals surface area contributed by atoms with E-state index >= 15 is 0 Å². The quantitative estimate of drug-likeness (QED) is 0.860. The van der Waals surface area contributed by atoms with E-state index in [4.69, 9.17) is 4.74 Å². The Morgan fingerprint density at radius 1 is 1.32 bits per heavy atom. The third-order valence-electron chi connectivity index (χ3n) is 4.11. The average molecular weight is 263 g/mol. The van der Waals surface area contributed by atoms with Gasteiger partial charge < -0.3 is 14.7 Å². The third-order valence-corrected chi connectivity index (χ3v) is 4.11. The van der Waals surface area contributed by atoms with Crippen LogP contribution in [0.15, 0.2) is 18.5 Å². The molecule has 104 valence electrons. The van der Waals surface area contributed by atoms with Gasteiger partial charge >= 0.3 is 0 Å². The van der Waals surface area contributed by atoms with Gasteiger partial charge in [-0.15, -0.1) is 0 Å². The highest BCUT2D eigenvalue weighted by Crippen LogP contribution is 2.26. The van der Waals surface area contributed by atoms with Crippen LogP contribution in [-0.2, 0) is 11.3 Å². The number of ether oxygens (including phenoxy) is 1. The molecule has 3 heterocycles. The Hall–Kier alpha value is -1.17. The highest BCUT2D eigenvalue weighted by molar-refractivity contribution is 5.53. The topological polar surface area (TPSA) is 48.8 Å². The number of aromatic nitrogens is 1. The fraction of sp³-hybridized carbons (Fsp3) is 0.643. The van der Waals surface area contributed by atoms with Gasteiger partial charge in [0.15, 0.2) is 0 Å². The molecular weight excluding hydrogens is 242 g/mol. The van der Waals surface area contributed by atoms with Gasteiger partial charge in [-0.3, -0.25) is 9.88 Å². The van der Waals surface area contributed by atoms with Crippen molar-refractivity contribution in [3.05, 3.63) is 24.0 Å². The second-order valence-corrected chi connectivity index (χ2v) is 5.20. The van der Waals surface area contributed by atoms with Crippen molar-refractivity contribution in [2.45, 2.75) is 19.1 Å². The van der Waals surface area contributed by atoms with E-state index < -0.39 is 0 Å². The number of aliphatic hydroxyl groups is 1. The van der Waals surface area contributed by atoms with E-state index in [1.165, 1.54) is 6.42 Å². The molecule has 1 aromatic heterocycles. The first-order valence-corrected chi connectivity index (χ1v) is 6.99. The Morgan fingerprint density at radius 2 is 2.16 bits per heavy atom. The fourth-order valence-electron chi connectivity index (χ4n) is 3.05. The van der Waals surface area contributed by atoms with Crippen molar-refractivity contribution in [2.75, 3.05) is 44.3 Å². The number of aliphatic hydroxyl groups excluding tert-OH is 1. The normalized spacial score (nSPS) is 24.9. The smallest absolute Gasteiger partial charge is 0.0717 e. The number of anilines is 1. The molecule has 2 aliphatic heterocycles. The first-order valence-electron chi connectivity index (χ1n) is 6.99. The first kappa shape index (κ1) is 12.8. The molecule has 5 heteroatoms. The van der Waals surface area contributed by atoms with Gasteiger partial charge in [0.1, 0.15) is 0 Å². The Bertz CT molecular complexity index is 421. The largest absolute Gasteiger partial charge is 0.392 e. The predicted octanol–water partition coefficient (Wildman–Crippen LogP) is 0.485. The molecule has 0 aromatic carbocycles. The predicted molar refractivity (Wildman–Crippen MR) is 73.2 cm³/mol. The molecule has 2 saturated heterocycles. The zero-order valence-corrected chi connectivity index (χ0v) is 11.2. The van der Waals surface area contributed by atoms with E-state index in [-0.39, 0.29) is 6.61 Å². The van der Waals surface area contributed by atoms with Crippen LogP contribution in [-0.4, -0.2) is 60.4 Å². The summed E-state index contributed by atoms with van der Waals surface area (Å²) in [6.45, 7) is 5.95. The summed E-state index contributed by atoms with van der Waals surface area (Å²) in [5.41, 5.74) is 2.05. The van der Waals surface area contributed by atoms with E-state index in [1.807, 2.05) is 6.07 Å². The highest BCUT2D eigenvalue weighted by atomic mass is 16.5. The van der Waals surface area contributed by atoms with Gasteiger partial charge in [-0.1, -0.05) is 0 Å². The van der Waals surface area contributed by atoms with Crippen molar-refractivity contribution in [2.24, 2.45) is 0 Å². The first-order chi connectivity index (χ1) is 9.38. The second kappa shape index (κ2) is 5.86. The van der Waals surface area contributed by atoms with Gasteiger partial charge in [-0.2, -0.15) is 0 Å². The molecular formula is C14H21N3O2. The number of rotatable bonds is 3. The minimum atomic E-state index is 0.0574. The molecule has 5 nitrogen and oxygen atoms in total. The molecule has 19 heavy (non-hydrogen) atoms. The van der Waals surface area contributed by atoms with Crippen LogP contribution in [0.5, 0.6) is 0 Å². The fourth-order valence-corrected chi connectivity index (χ4v) is 3.05. The molecule has 1 unspecified atom stereocenters. The molecule has 0 saturated carbocycles. The van der Waals surface area contributed by atoms with Crippen LogP contribution in [0.4, 0.5) is 5.69 Å². The number of morpholine rings is 1. The summed E-state index contributed by atoms with van der Waals surface area (Å²) in [7, 11) is 0. The second-order valence-electron chi connectivity index (χ2n) is 5.20. The number of nitrogens with zero attached hydrogens (tertiary/aromatic N) is 3. The lowest BCUT2D eigenvalue weighted by molar-refractivity contribution is 0.0209. The lowest BCUT2D eigenvalue weighted by atomic mass is 10.2. The standard InChI is InChI=1S/C14H21N3O2/c18-11-12-9-15-3-1-14(12)17-4-2-13(10-17)16-5-7-19-8-6-16/h1,3,9,13,18H,2,4-8,10-11H2. The van der Waals surface area contributed by atoms with Crippen molar-refractivity contribution in [3.63, 3.8) is 0 Å². The summed E-state index contributed by atoms with van der Waals surface area (Å²) in [6.07, 6.45) is 4.75. The van der Waals surface area contributed by atoms with Gasteiger partial charge in [0, 0.05) is 55.9 Å². The maximum Gasteiger partial charge on any atom is 0.0717 e. The van der Waals surface area contributed by atoms with Crippen LogP contribution >= 0.6 is 0 Å². The monoisotopic (exact) mass is 263 g/mol. The molecule has 1 atom stereocenters. The van der Waals surface area contributed by atoms with Crippen molar-refractivity contribution in [1.29, 1.82) is 0 Å². The lowest BCUT2D eigenvalue weighted by Gasteiger charge is -2.32. The minimum absolute atomic E-state index is 0.0574. The summed E-state index contributed by atoms with van der Waals surface area (Å²) in [4.78, 5) is 8.98. The number of pyridine rings is 1. The van der Waals surface area contributed by atoms with Crippen molar-refractivity contribution in [1.82, 2.24) is 9.88 Å². The zero-order chi connectivity index (χ0) is 13.1. The summed E-state index contributed by atoms with van der Waals surface area (Å²) < 4.78 is 5.41. The van der Waals surface area contributed by atoms with Crippen molar-refractivity contribution in [3.8, 4) is 0 Å². The lowest BCUT2D eigenvalue weighted by Crippen LogP contribution is -2.44. The molecule has 1 aromatic rings. The molecule has 0 bridgehead atoms. The Morgan fingerprint density at radius 3 is 2.95 bits per heavy atom. The summed E-state index contributed by atoms with van der Waals surface area (Å²) in [6, 6.07) is 2.62. The minimum Gasteiger partial charge on any atom is -0.392 e. The Labute approximate surface area is 113 Å². The summed E-state index contributed by atoms with van der Waals surface area (Å²) in [5, 5.41) is 9.40. The van der Waals surface area contributed by atoms with E-state index in [0.29, 0.717) is 6.04 Å². The number of hydrogen-bond donors (Lipinski definition) is 1. The van der Waals surface area contributed by atoms with Gasteiger partial charge in [-0.05, 0) is 12.5 Å². The van der Waals surface area contributed by atoms with E-state index in [1.54, 1.807) is 12.4 Å². The van der Waals surface area contributed by atoms with Gasteiger partial charge in [-0.25, -0.2) is 0 Å². The molecule has 1 N–H and O–H groups in total. The van der Waals surface area contributed by atoms with Gasteiger partial charge in [0.25, 0.3) is 0 Å². The molecule has 0 spiro atoms. The van der Waals surface area contributed by atoms with E-state index in [0.717, 1.165) is 50.6 Å². The van der Waals surface area contributed by atoms with Crippen molar-refractivity contribution < 1.29 is 9.84 Å². The summed E-state index contributed by atoms with van der Waals surface area (Å²) >= 11 is 0. The number of hydrogen-bond acceptors (Lipinski definition) is 5. The molecule has 3 rings (SSSR count). The van der Waals surface area contributed by atoms with Crippen LogP contribution in [0.25, 0.3) is 0 Å². The van der Waals surface area contributed by atoms with Gasteiger partial charge in [0.05, 0.1) is 19.8 Å². The zero-order valence-electron chi connectivity index (χ0n) is 11.2.